The third-order valence-electron chi connectivity index (χ3n) is 5.20. The molecule has 2 aliphatic heterocycles. The summed E-state index contributed by atoms with van der Waals surface area (Å²) in [4.78, 5) is 37.7. The zero-order chi connectivity index (χ0) is 23.5. The Bertz CT molecular complexity index is 1050. The second-order valence-corrected chi connectivity index (χ2v) is 10.9. The van der Waals surface area contributed by atoms with E-state index in [9.17, 15) is 9.59 Å². The fourth-order valence-electron chi connectivity index (χ4n) is 3.65. The van der Waals surface area contributed by atoms with Gasteiger partial charge in [-0.1, -0.05) is 36.0 Å². The molecular formula is C24H28N4O3S2. The number of likely N-dealkylation sites (tertiary alicyclic amines) is 1. The Labute approximate surface area is 202 Å². The van der Waals surface area contributed by atoms with Crippen LogP contribution in [0.3, 0.4) is 0 Å². The lowest BCUT2D eigenvalue weighted by molar-refractivity contribution is -0.113. The van der Waals surface area contributed by atoms with E-state index in [2.05, 4.69) is 5.32 Å². The molecule has 1 aromatic heterocycles. The van der Waals surface area contributed by atoms with Crippen molar-refractivity contribution < 1.29 is 14.3 Å². The van der Waals surface area contributed by atoms with E-state index in [0.29, 0.717) is 25.9 Å². The van der Waals surface area contributed by atoms with Crippen LogP contribution in [-0.2, 0) is 9.53 Å². The summed E-state index contributed by atoms with van der Waals surface area (Å²) < 4.78 is 5.51. The van der Waals surface area contributed by atoms with Gasteiger partial charge in [-0.25, -0.2) is 9.79 Å². The minimum Gasteiger partial charge on any atom is -0.444 e. The van der Waals surface area contributed by atoms with Crippen LogP contribution in [0.15, 0.2) is 57.8 Å². The number of para-hydroxylation sites is 1. The van der Waals surface area contributed by atoms with Gasteiger partial charge in [0.15, 0.2) is 5.66 Å². The summed E-state index contributed by atoms with van der Waals surface area (Å²) in [7, 11) is 0. The number of ether oxygens (including phenoxy) is 1. The van der Waals surface area contributed by atoms with Crippen molar-refractivity contribution in [3.8, 4) is 0 Å². The predicted molar refractivity (Wildman–Crippen MR) is 136 cm³/mol. The molecule has 1 spiro atoms. The lowest BCUT2D eigenvalue weighted by Gasteiger charge is -2.36. The number of nitrogens with zero attached hydrogens (tertiary/aromatic N) is 3. The molecule has 174 valence electrons. The first kappa shape index (κ1) is 23.5. The van der Waals surface area contributed by atoms with Crippen LogP contribution >= 0.6 is 23.1 Å². The lowest BCUT2D eigenvalue weighted by Crippen LogP contribution is -2.46. The minimum absolute atomic E-state index is 0.0832. The molecule has 33 heavy (non-hydrogen) atoms. The first-order chi connectivity index (χ1) is 15.7. The van der Waals surface area contributed by atoms with E-state index in [1.54, 1.807) is 16.2 Å². The van der Waals surface area contributed by atoms with E-state index in [1.165, 1.54) is 11.8 Å². The number of hydrogen-bond donors (Lipinski definition) is 1. The molecule has 2 aliphatic rings. The summed E-state index contributed by atoms with van der Waals surface area (Å²) in [5.74, 6) is 0.165. The SMILES string of the molecule is CC(C)(C)OC(=O)N1CCC2(CC1)N=C(SCC(=O)Nc1ccccc1)C(c1cccs1)=N2. The van der Waals surface area contributed by atoms with Crippen LogP contribution in [-0.4, -0.2) is 57.8 Å². The normalized spacial score (nSPS) is 17.5. The number of nitrogens with one attached hydrogen (secondary N) is 1. The maximum Gasteiger partial charge on any atom is 0.410 e. The van der Waals surface area contributed by atoms with Crippen LogP contribution in [0.25, 0.3) is 0 Å². The molecule has 1 fully saturated rings. The Kier molecular flexibility index (Phi) is 6.90. The summed E-state index contributed by atoms with van der Waals surface area (Å²) in [6, 6.07) is 13.4. The summed E-state index contributed by atoms with van der Waals surface area (Å²) >= 11 is 3.02. The number of carbonyl (C=O) groups excluding carboxylic acids is 2. The highest BCUT2D eigenvalue weighted by Gasteiger charge is 2.41. The molecule has 0 unspecified atom stereocenters. The fourth-order valence-corrected chi connectivity index (χ4v) is 5.29. The van der Waals surface area contributed by atoms with Crippen LogP contribution in [0.4, 0.5) is 10.5 Å². The van der Waals surface area contributed by atoms with Crippen molar-refractivity contribution in [2.45, 2.75) is 44.9 Å². The van der Waals surface area contributed by atoms with Gasteiger partial charge in [0.1, 0.15) is 16.4 Å². The topological polar surface area (TPSA) is 83.4 Å². The summed E-state index contributed by atoms with van der Waals surface area (Å²) in [6.45, 7) is 6.67. The van der Waals surface area contributed by atoms with Gasteiger partial charge >= 0.3 is 6.09 Å². The second-order valence-electron chi connectivity index (χ2n) is 9.01. The van der Waals surface area contributed by atoms with Gasteiger partial charge in [0.2, 0.25) is 5.91 Å². The van der Waals surface area contributed by atoms with Crippen LogP contribution in [0.2, 0.25) is 0 Å². The molecule has 0 radical (unpaired) electrons. The molecule has 3 heterocycles. The smallest absolute Gasteiger partial charge is 0.410 e. The fraction of sp³-hybridized carbons (Fsp3) is 0.417. The number of aliphatic imine (C=N–C) groups is 2. The predicted octanol–water partition coefficient (Wildman–Crippen LogP) is 5.05. The molecule has 0 atom stereocenters. The van der Waals surface area contributed by atoms with Crippen molar-refractivity contribution in [1.82, 2.24) is 4.90 Å². The van der Waals surface area contributed by atoms with Crippen molar-refractivity contribution in [1.29, 1.82) is 0 Å². The van der Waals surface area contributed by atoms with Gasteiger partial charge < -0.3 is 15.0 Å². The Morgan fingerprint density at radius 3 is 2.48 bits per heavy atom. The number of carbonyl (C=O) groups is 2. The standard InChI is InChI=1S/C24H28N4O3S2/c1-23(2,3)31-22(30)28-13-11-24(12-14-28)26-20(18-10-7-15-32-18)21(27-24)33-16-19(29)25-17-8-5-4-6-9-17/h4-10,15H,11-14,16H2,1-3H3,(H,25,29). The molecule has 0 aliphatic carbocycles. The van der Waals surface area contributed by atoms with Crippen LogP contribution in [0, 0.1) is 0 Å². The highest BCUT2D eigenvalue weighted by atomic mass is 32.2. The third kappa shape index (κ3) is 6.03. The summed E-state index contributed by atoms with van der Waals surface area (Å²) in [5.41, 5.74) is 0.505. The molecule has 0 bridgehead atoms. The number of rotatable bonds is 4. The van der Waals surface area contributed by atoms with Crippen molar-refractivity contribution >= 4 is 51.5 Å². The van der Waals surface area contributed by atoms with Gasteiger partial charge in [-0.05, 0) is 44.4 Å². The number of hydrogen-bond acceptors (Lipinski definition) is 7. The van der Waals surface area contributed by atoms with Crippen molar-refractivity contribution in [3.05, 3.63) is 52.7 Å². The maximum atomic E-state index is 12.5. The first-order valence-electron chi connectivity index (χ1n) is 10.9. The Balaban J connectivity index is 1.44. The molecule has 0 saturated carbocycles. The molecule has 4 rings (SSSR count). The second kappa shape index (κ2) is 9.69. The van der Waals surface area contributed by atoms with Crippen LogP contribution in [0.1, 0.15) is 38.5 Å². The minimum atomic E-state index is -0.587. The monoisotopic (exact) mass is 484 g/mol. The van der Waals surface area contributed by atoms with Gasteiger partial charge in [-0.2, -0.15) is 0 Å². The van der Waals surface area contributed by atoms with E-state index in [1.807, 2.05) is 68.6 Å². The molecule has 1 saturated heterocycles. The van der Waals surface area contributed by atoms with Gasteiger partial charge in [-0.3, -0.25) is 9.79 Å². The molecule has 1 aromatic carbocycles. The Morgan fingerprint density at radius 1 is 1.12 bits per heavy atom. The van der Waals surface area contributed by atoms with Gasteiger partial charge in [0.05, 0.1) is 10.6 Å². The molecule has 9 heteroatoms. The van der Waals surface area contributed by atoms with E-state index < -0.39 is 11.3 Å². The van der Waals surface area contributed by atoms with Crippen molar-refractivity contribution in [3.63, 3.8) is 0 Å². The number of piperidine rings is 1. The first-order valence-corrected chi connectivity index (χ1v) is 12.8. The quantitative estimate of drug-likeness (QED) is 0.658. The Morgan fingerprint density at radius 2 is 1.85 bits per heavy atom. The highest BCUT2D eigenvalue weighted by Crippen LogP contribution is 2.36. The Hall–Kier alpha value is -2.65. The maximum absolute atomic E-state index is 12.5. The van der Waals surface area contributed by atoms with E-state index >= 15 is 0 Å². The van der Waals surface area contributed by atoms with E-state index in [0.717, 1.165) is 21.3 Å². The number of anilines is 1. The molecule has 2 amide bonds. The van der Waals surface area contributed by atoms with E-state index in [-0.39, 0.29) is 17.8 Å². The van der Waals surface area contributed by atoms with Crippen LogP contribution in [0.5, 0.6) is 0 Å². The van der Waals surface area contributed by atoms with Crippen molar-refractivity contribution in [2.24, 2.45) is 9.98 Å². The number of thiophene rings is 1. The lowest BCUT2D eigenvalue weighted by atomic mass is 9.99. The zero-order valence-electron chi connectivity index (χ0n) is 19.0. The molecule has 2 aromatic rings. The third-order valence-corrected chi connectivity index (χ3v) is 7.04. The number of amides is 2. The van der Waals surface area contributed by atoms with Gasteiger partial charge in [0.25, 0.3) is 0 Å². The van der Waals surface area contributed by atoms with E-state index in [4.69, 9.17) is 14.7 Å². The molecule has 1 N–H and O–H groups in total. The average Bonchev–Trinajstić information content (AvgIpc) is 3.41. The average molecular weight is 485 g/mol. The van der Waals surface area contributed by atoms with Gasteiger partial charge in [0, 0.05) is 31.6 Å². The summed E-state index contributed by atoms with van der Waals surface area (Å²) in [6.07, 6.45) is 0.956. The van der Waals surface area contributed by atoms with Gasteiger partial charge in [-0.15, -0.1) is 11.3 Å². The molecular weight excluding hydrogens is 456 g/mol. The highest BCUT2D eigenvalue weighted by molar-refractivity contribution is 8.16. The van der Waals surface area contributed by atoms with Crippen LogP contribution < -0.4 is 5.32 Å². The molecule has 7 nitrogen and oxygen atoms in total. The number of benzene rings is 1. The zero-order valence-corrected chi connectivity index (χ0v) is 20.7. The summed E-state index contributed by atoms with van der Waals surface area (Å²) in [5, 5.41) is 5.71. The van der Waals surface area contributed by atoms with Crippen molar-refractivity contribution in [2.75, 3.05) is 24.2 Å². The number of thioether (sulfide) groups is 1. The largest absolute Gasteiger partial charge is 0.444 e.